The first-order valence-corrected chi connectivity index (χ1v) is 33.7. The number of carbonyl (C=O) groups is 6. The standard InChI is InChI=1S/C79H86O24/c1-6-42-87-50-60-63(99-72(81)54-32-18-11-19-33-54)66(90-44-8-3)69(102-75(84)57-38-24-14-25-39-57)78(96-60)93-48-28-46-89-52-59-62(98-71(80)53-30-16-10-17-31-53)65(68(77(86-5)95-59)101-74(83)56-36-22-13-23-37-56)92-47-29-49-94-79-70(103-76(85)58-40-26-15-27-41-58)67(91-45-9-4)64(61(97-79)51-88-43-7-2)100-73(82)55-34-20-12-21-35-55/h6-27,30-41,59-70,77-79H,1-4,28-29,42-52H2,5H3/t59-,60-,61-,62-,63-,64-,65+,66+,67+,68+,69+,70+,77+,78+,79+/m1/s1. The van der Waals surface area contributed by atoms with E-state index in [1.807, 2.05) is 0 Å². The SMILES string of the molecule is C=CCOC[C@H]1O[C@H](OCCCOC[C@H]2O[C@H](OC)[C@@H](OC(=O)c3ccccc3)[C@@H](OCCCO[C@H]3O[C@H](COCC=C)[C@@H](OC(=O)c4ccccc4)[C@H](OCC=C)[C@@H]3OC(=O)c3ccccc3)[C@@H]2OC(=O)c2ccccc2)[C@@H](OC(=O)c2ccccc2)[C@@H](OCC=C)[C@@H]1OC(=O)c1ccccc1. The van der Waals surface area contributed by atoms with Crippen molar-refractivity contribution in [2.75, 3.05) is 79.8 Å². The Morgan fingerprint density at radius 3 is 0.854 bits per heavy atom. The van der Waals surface area contributed by atoms with Gasteiger partial charge < -0.3 is 85.3 Å². The Labute approximate surface area is 598 Å². The third-order valence-corrected chi connectivity index (χ3v) is 16.2. The van der Waals surface area contributed by atoms with Gasteiger partial charge in [0.2, 0.25) is 0 Å². The molecule has 24 nitrogen and oxygen atoms in total. The summed E-state index contributed by atoms with van der Waals surface area (Å²) in [4.78, 5) is 84.0. The third kappa shape index (κ3) is 22.6. The van der Waals surface area contributed by atoms with Gasteiger partial charge in [0, 0.05) is 20.3 Å². The molecule has 0 radical (unpaired) electrons. The predicted octanol–water partition coefficient (Wildman–Crippen LogP) is 9.92. The highest BCUT2D eigenvalue weighted by Gasteiger charge is 2.55. The van der Waals surface area contributed by atoms with Crippen LogP contribution in [0.1, 0.15) is 75.0 Å². The van der Waals surface area contributed by atoms with Gasteiger partial charge in [-0.2, -0.15) is 0 Å². The Bertz CT molecular complexity index is 3610. The molecule has 6 aromatic rings. The maximum atomic E-state index is 14.3. The molecule has 3 aliphatic rings. The van der Waals surface area contributed by atoms with Crippen LogP contribution in [0.4, 0.5) is 0 Å². The average Bonchev–Trinajstić information content (AvgIpc) is 0.795. The van der Waals surface area contributed by atoms with Gasteiger partial charge in [0.1, 0.15) is 36.6 Å². The largest absolute Gasteiger partial charge is 0.453 e. The van der Waals surface area contributed by atoms with E-state index in [4.69, 9.17) is 85.3 Å². The van der Waals surface area contributed by atoms with Gasteiger partial charge in [0.25, 0.3) is 0 Å². The minimum atomic E-state index is -1.40. The van der Waals surface area contributed by atoms with E-state index in [0.717, 1.165) is 0 Å². The van der Waals surface area contributed by atoms with E-state index in [1.54, 1.807) is 194 Å². The minimum Gasteiger partial charge on any atom is -0.453 e. The summed E-state index contributed by atoms with van der Waals surface area (Å²) >= 11 is 0. The third-order valence-electron chi connectivity index (χ3n) is 16.2. The highest BCUT2D eigenvalue weighted by atomic mass is 16.8. The Morgan fingerprint density at radius 1 is 0.301 bits per heavy atom. The Kier molecular flexibility index (Phi) is 31.5. The van der Waals surface area contributed by atoms with Crippen molar-refractivity contribution in [3.05, 3.63) is 266 Å². The van der Waals surface area contributed by atoms with Crippen LogP contribution in [0, 0.1) is 0 Å². The first-order valence-electron chi connectivity index (χ1n) is 33.7. The van der Waals surface area contributed by atoms with Crippen molar-refractivity contribution in [3.63, 3.8) is 0 Å². The van der Waals surface area contributed by atoms with E-state index in [1.165, 1.54) is 19.3 Å². The normalized spacial score (nSPS) is 24.4. The molecule has 6 aromatic carbocycles. The van der Waals surface area contributed by atoms with Gasteiger partial charge in [-0.1, -0.05) is 133 Å². The highest BCUT2D eigenvalue weighted by Crippen LogP contribution is 2.35. The average molecular weight is 1420 g/mol. The summed E-state index contributed by atoms with van der Waals surface area (Å²) in [5.74, 6) is -4.44. The number of rotatable bonds is 40. The van der Waals surface area contributed by atoms with Gasteiger partial charge in [-0.15, -0.1) is 26.3 Å². The lowest BCUT2D eigenvalue weighted by Crippen LogP contribution is -2.63. The van der Waals surface area contributed by atoms with Gasteiger partial charge >= 0.3 is 35.8 Å². The molecule has 0 amide bonds. The van der Waals surface area contributed by atoms with Crippen LogP contribution in [0.25, 0.3) is 0 Å². The monoisotopic (exact) mass is 1420 g/mol. The van der Waals surface area contributed by atoms with Crippen LogP contribution in [0.5, 0.6) is 0 Å². The smallest absolute Gasteiger partial charge is 0.338 e. The van der Waals surface area contributed by atoms with Crippen molar-refractivity contribution in [1.82, 2.24) is 0 Å². The molecule has 0 unspecified atom stereocenters. The maximum Gasteiger partial charge on any atom is 0.338 e. The van der Waals surface area contributed by atoms with Crippen molar-refractivity contribution < 1.29 is 114 Å². The zero-order valence-corrected chi connectivity index (χ0v) is 57.1. The number of esters is 6. The van der Waals surface area contributed by atoms with Crippen LogP contribution in [0.2, 0.25) is 0 Å². The van der Waals surface area contributed by atoms with E-state index in [2.05, 4.69) is 26.3 Å². The summed E-state index contributed by atoms with van der Waals surface area (Å²) in [5, 5.41) is 0. The Balaban J connectivity index is 0.947. The first kappa shape index (κ1) is 77.8. The van der Waals surface area contributed by atoms with E-state index < -0.39 is 128 Å². The maximum absolute atomic E-state index is 14.3. The van der Waals surface area contributed by atoms with Crippen LogP contribution in [0.3, 0.4) is 0 Å². The van der Waals surface area contributed by atoms with Crippen molar-refractivity contribution in [2.24, 2.45) is 0 Å². The molecule has 546 valence electrons. The summed E-state index contributed by atoms with van der Waals surface area (Å²) in [5.41, 5.74) is 1.28. The molecule has 3 fully saturated rings. The van der Waals surface area contributed by atoms with E-state index >= 15 is 0 Å². The van der Waals surface area contributed by atoms with Crippen molar-refractivity contribution in [1.29, 1.82) is 0 Å². The van der Waals surface area contributed by atoms with Crippen LogP contribution >= 0.6 is 0 Å². The van der Waals surface area contributed by atoms with Gasteiger partial charge in [0.05, 0.1) is 92.8 Å². The number of ether oxygens (including phenoxy) is 18. The second-order valence-electron chi connectivity index (χ2n) is 23.5. The molecular formula is C79H86O24. The van der Waals surface area contributed by atoms with Crippen LogP contribution in [-0.4, -0.2) is 208 Å². The zero-order valence-electron chi connectivity index (χ0n) is 57.1. The second kappa shape index (κ2) is 41.7. The first-order chi connectivity index (χ1) is 50.4. The molecule has 15 atom stereocenters. The van der Waals surface area contributed by atoms with Gasteiger partial charge in [0.15, 0.2) is 55.5 Å². The summed E-state index contributed by atoms with van der Waals surface area (Å²) < 4.78 is 113. The fourth-order valence-electron chi connectivity index (χ4n) is 11.4. The van der Waals surface area contributed by atoms with Crippen molar-refractivity contribution in [3.8, 4) is 0 Å². The zero-order chi connectivity index (χ0) is 72.6. The summed E-state index contributed by atoms with van der Waals surface area (Å²) in [7, 11) is 1.35. The number of methoxy groups -OCH3 is 1. The van der Waals surface area contributed by atoms with Crippen LogP contribution in [0.15, 0.2) is 233 Å². The molecular weight excluding hydrogens is 1330 g/mol. The molecule has 0 aromatic heterocycles. The molecule has 0 aliphatic carbocycles. The van der Waals surface area contributed by atoms with Crippen molar-refractivity contribution >= 4 is 35.8 Å². The lowest BCUT2D eigenvalue weighted by atomic mass is 9.97. The summed E-state index contributed by atoms with van der Waals surface area (Å²) in [6, 6.07) is 49.5. The molecule has 3 heterocycles. The van der Waals surface area contributed by atoms with Crippen LogP contribution < -0.4 is 0 Å². The lowest BCUT2D eigenvalue weighted by molar-refractivity contribution is -0.309. The summed E-state index contributed by atoms with van der Waals surface area (Å²) in [6.45, 7) is 14.3. The number of carbonyl (C=O) groups excluding carboxylic acids is 6. The molecule has 0 N–H and O–H groups in total. The molecule has 0 saturated carbocycles. The van der Waals surface area contributed by atoms with E-state index in [-0.39, 0.29) is 119 Å². The minimum absolute atomic E-state index is 0.0191. The predicted molar refractivity (Wildman–Crippen MR) is 370 cm³/mol. The summed E-state index contributed by atoms with van der Waals surface area (Å²) in [6.07, 6.45) is -12.7. The molecule has 3 aliphatic heterocycles. The molecule has 0 bridgehead atoms. The lowest BCUT2D eigenvalue weighted by Gasteiger charge is -2.45. The van der Waals surface area contributed by atoms with Crippen LogP contribution in [-0.2, 0) is 85.3 Å². The number of hydrogen-bond donors (Lipinski definition) is 0. The molecule has 9 rings (SSSR count). The van der Waals surface area contributed by atoms with Gasteiger partial charge in [-0.05, 0) is 85.6 Å². The van der Waals surface area contributed by atoms with Crippen molar-refractivity contribution in [2.45, 2.75) is 105 Å². The van der Waals surface area contributed by atoms with E-state index in [0.29, 0.717) is 0 Å². The molecule has 103 heavy (non-hydrogen) atoms. The van der Waals surface area contributed by atoms with Gasteiger partial charge in [-0.25, -0.2) is 28.8 Å². The fraction of sp³-hybridized carbons (Fsp3) is 0.367. The molecule has 3 saturated heterocycles. The molecule has 24 heteroatoms. The second-order valence-corrected chi connectivity index (χ2v) is 23.5. The quantitative estimate of drug-likeness (QED) is 0.0150. The Hall–Kier alpha value is -9.38. The van der Waals surface area contributed by atoms with Gasteiger partial charge in [-0.3, -0.25) is 0 Å². The fourth-order valence-corrected chi connectivity index (χ4v) is 11.4. The number of hydrogen-bond acceptors (Lipinski definition) is 24. The molecule has 0 spiro atoms. The Morgan fingerprint density at radius 2 is 0.553 bits per heavy atom. The van der Waals surface area contributed by atoms with E-state index in [9.17, 15) is 28.8 Å². The topological polar surface area (TPSA) is 269 Å². The number of benzene rings is 6. The highest BCUT2D eigenvalue weighted by molar-refractivity contribution is 5.92.